The number of para-hydroxylation sites is 2. The van der Waals surface area contributed by atoms with E-state index in [0.29, 0.717) is 44.8 Å². The molecule has 1 saturated heterocycles. The van der Waals surface area contributed by atoms with Gasteiger partial charge in [-0.05, 0) is 37.6 Å². The van der Waals surface area contributed by atoms with E-state index in [1.54, 1.807) is 24.3 Å². The van der Waals surface area contributed by atoms with Crippen molar-refractivity contribution in [2.24, 2.45) is 4.99 Å². The maximum atomic E-state index is 13.5. The number of carbonyl (C=O) groups is 1. The number of amides is 1. The summed E-state index contributed by atoms with van der Waals surface area (Å²) in [6.45, 7) is 7.18. The smallest absolute Gasteiger partial charge is 0.263 e. The Morgan fingerprint density at radius 2 is 1.76 bits per heavy atom. The monoisotopic (exact) mass is 484 g/mol. The number of nitrogens with zero attached hydrogens (tertiary/aromatic N) is 3. The molecule has 0 saturated carbocycles. The van der Waals surface area contributed by atoms with Crippen LogP contribution in [0.5, 0.6) is 5.75 Å². The number of rotatable bonds is 8. The zero-order chi connectivity index (χ0) is 24.1. The van der Waals surface area contributed by atoms with Gasteiger partial charge in [0.15, 0.2) is 0 Å². The van der Waals surface area contributed by atoms with Crippen molar-refractivity contribution in [3.05, 3.63) is 54.1 Å². The van der Waals surface area contributed by atoms with E-state index in [1.165, 1.54) is 0 Å². The van der Waals surface area contributed by atoms with Gasteiger partial charge in [-0.3, -0.25) is 14.5 Å². The summed E-state index contributed by atoms with van der Waals surface area (Å²) in [4.78, 5) is 22.4. The van der Waals surface area contributed by atoms with Gasteiger partial charge in [0.25, 0.3) is 10.0 Å². The number of piperazine rings is 1. The average molecular weight is 485 g/mol. The SMILES string of the molecule is CCCCC(N=C1NS(=O)(=O)c2ccccc21)C(=O)N1CCN(c2ccccc2OCC)CC1. The fourth-order valence-electron chi connectivity index (χ4n) is 4.40. The van der Waals surface area contributed by atoms with E-state index in [0.717, 1.165) is 24.3 Å². The number of amidine groups is 1. The molecule has 0 aromatic heterocycles. The minimum atomic E-state index is -3.64. The molecule has 1 unspecified atom stereocenters. The highest BCUT2D eigenvalue weighted by Gasteiger charge is 2.33. The number of nitrogens with one attached hydrogen (secondary N) is 1. The number of sulfonamides is 1. The van der Waals surface area contributed by atoms with Crippen LogP contribution in [-0.2, 0) is 14.8 Å². The summed E-state index contributed by atoms with van der Waals surface area (Å²) in [6.07, 6.45) is 2.35. The van der Waals surface area contributed by atoms with E-state index in [-0.39, 0.29) is 16.6 Å². The molecule has 1 N–H and O–H groups in total. The lowest BCUT2D eigenvalue weighted by Gasteiger charge is -2.37. The molecule has 2 aliphatic rings. The predicted molar refractivity (Wildman–Crippen MR) is 133 cm³/mol. The van der Waals surface area contributed by atoms with Gasteiger partial charge in [0.2, 0.25) is 5.91 Å². The number of aliphatic imine (C=N–C) groups is 1. The molecule has 0 radical (unpaired) electrons. The van der Waals surface area contributed by atoms with Gasteiger partial charge in [-0.15, -0.1) is 0 Å². The minimum Gasteiger partial charge on any atom is -0.492 e. The third kappa shape index (κ3) is 5.04. The van der Waals surface area contributed by atoms with E-state index in [1.807, 2.05) is 36.1 Å². The summed E-state index contributed by atoms with van der Waals surface area (Å²) >= 11 is 0. The van der Waals surface area contributed by atoms with Crippen LogP contribution in [0, 0.1) is 0 Å². The van der Waals surface area contributed by atoms with Gasteiger partial charge >= 0.3 is 0 Å². The van der Waals surface area contributed by atoms with Gasteiger partial charge in [0.1, 0.15) is 17.6 Å². The van der Waals surface area contributed by atoms with Crippen molar-refractivity contribution in [3.63, 3.8) is 0 Å². The fraction of sp³-hybridized carbons (Fsp3) is 0.440. The molecule has 2 aromatic rings. The lowest BCUT2D eigenvalue weighted by atomic mass is 10.1. The van der Waals surface area contributed by atoms with E-state index < -0.39 is 16.1 Å². The molecule has 0 spiro atoms. The standard InChI is InChI=1S/C25H32N4O4S/c1-3-5-11-20(26-24-19-10-6-9-14-23(19)34(31,32)27-24)25(30)29-17-15-28(16-18-29)21-12-7-8-13-22(21)33-4-2/h6-10,12-14,20H,3-5,11,15-18H2,1-2H3,(H,26,27). The number of hydrogen-bond acceptors (Lipinski definition) is 6. The molecule has 1 atom stereocenters. The minimum absolute atomic E-state index is 0.0535. The summed E-state index contributed by atoms with van der Waals surface area (Å²) < 4.78 is 33.3. The quantitative estimate of drug-likeness (QED) is 0.622. The first-order valence-electron chi connectivity index (χ1n) is 11.9. The van der Waals surface area contributed by atoms with E-state index >= 15 is 0 Å². The van der Waals surface area contributed by atoms with Crippen LogP contribution in [0.3, 0.4) is 0 Å². The third-order valence-corrected chi connectivity index (χ3v) is 7.56. The molecule has 34 heavy (non-hydrogen) atoms. The molecule has 1 amide bonds. The molecule has 4 rings (SSSR count). The molecule has 2 heterocycles. The molecule has 0 aliphatic carbocycles. The first-order chi connectivity index (χ1) is 16.4. The van der Waals surface area contributed by atoms with Crippen molar-refractivity contribution in [1.82, 2.24) is 9.62 Å². The summed E-state index contributed by atoms with van der Waals surface area (Å²) in [5, 5.41) is 0. The molecule has 0 bridgehead atoms. The Balaban J connectivity index is 1.50. The molecule has 8 nitrogen and oxygen atoms in total. The van der Waals surface area contributed by atoms with Gasteiger partial charge in [-0.2, -0.15) is 0 Å². The van der Waals surface area contributed by atoms with Gasteiger partial charge in [0, 0.05) is 31.7 Å². The number of hydrogen-bond donors (Lipinski definition) is 1. The Bertz CT molecular complexity index is 1160. The Kier molecular flexibility index (Phi) is 7.41. The van der Waals surface area contributed by atoms with Crippen molar-refractivity contribution in [1.29, 1.82) is 0 Å². The molecule has 2 aliphatic heterocycles. The zero-order valence-electron chi connectivity index (χ0n) is 19.7. The average Bonchev–Trinajstić information content (AvgIpc) is 3.12. The highest BCUT2D eigenvalue weighted by atomic mass is 32.2. The first-order valence-corrected chi connectivity index (χ1v) is 13.4. The molecular formula is C25H32N4O4S. The number of anilines is 1. The normalized spacial score (nSPS) is 18.9. The lowest BCUT2D eigenvalue weighted by molar-refractivity contribution is -0.133. The van der Waals surface area contributed by atoms with Crippen LogP contribution in [0.25, 0.3) is 0 Å². The van der Waals surface area contributed by atoms with Crippen molar-refractivity contribution in [2.75, 3.05) is 37.7 Å². The Hall–Kier alpha value is -3.07. The van der Waals surface area contributed by atoms with E-state index in [9.17, 15) is 13.2 Å². The number of benzene rings is 2. The molecule has 9 heteroatoms. The number of unbranched alkanes of at least 4 members (excludes halogenated alkanes) is 1. The van der Waals surface area contributed by atoms with Gasteiger partial charge in [-0.1, -0.05) is 44.0 Å². The van der Waals surface area contributed by atoms with Gasteiger partial charge in [0.05, 0.1) is 17.2 Å². The molecule has 182 valence electrons. The number of fused-ring (bicyclic) bond motifs is 1. The second-order valence-electron chi connectivity index (χ2n) is 8.45. The Morgan fingerprint density at radius 3 is 2.50 bits per heavy atom. The Morgan fingerprint density at radius 1 is 1.06 bits per heavy atom. The maximum Gasteiger partial charge on any atom is 0.263 e. The highest BCUT2D eigenvalue weighted by Crippen LogP contribution is 2.29. The maximum absolute atomic E-state index is 13.5. The largest absolute Gasteiger partial charge is 0.492 e. The molecule has 1 fully saturated rings. The van der Waals surface area contributed by atoms with Gasteiger partial charge in [-0.25, -0.2) is 8.42 Å². The van der Waals surface area contributed by atoms with E-state index in [2.05, 4.69) is 21.5 Å². The predicted octanol–water partition coefficient (Wildman–Crippen LogP) is 3.03. The summed E-state index contributed by atoms with van der Waals surface area (Å²) in [5.41, 5.74) is 1.56. The van der Waals surface area contributed by atoms with Crippen LogP contribution in [0.2, 0.25) is 0 Å². The van der Waals surface area contributed by atoms with Gasteiger partial charge < -0.3 is 14.5 Å². The second-order valence-corrected chi connectivity index (χ2v) is 10.1. The number of ether oxygens (including phenoxy) is 1. The zero-order valence-corrected chi connectivity index (χ0v) is 20.6. The topological polar surface area (TPSA) is 91.3 Å². The van der Waals surface area contributed by atoms with Crippen LogP contribution in [-0.4, -0.2) is 63.9 Å². The molecule has 2 aromatic carbocycles. The highest BCUT2D eigenvalue weighted by molar-refractivity contribution is 7.90. The summed E-state index contributed by atoms with van der Waals surface area (Å²) in [5.74, 6) is 1.06. The summed E-state index contributed by atoms with van der Waals surface area (Å²) in [6, 6.07) is 14.1. The van der Waals surface area contributed by atoms with Crippen molar-refractivity contribution >= 4 is 27.5 Å². The van der Waals surface area contributed by atoms with Crippen molar-refractivity contribution in [2.45, 2.75) is 44.0 Å². The van der Waals surface area contributed by atoms with Crippen molar-refractivity contribution < 1.29 is 17.9 Å². The molecular weight excluding hydrogens is 452 g/mol. The van der Waals surface area contributed by atoms with Crippen LogP contribution in [0.4, 0.5) is 5.69 Å². The van der Waals surface area contributed by atoms with Crippen LogP contribution in [0.15, 0.2) is 58.4 Å². The fourth-order valence-corrected chi connectivity index (χ4v) is 5.64. The van der Waals surface area contributed by atoms with Crippen molar-refractivity contribution in [3.8, 4) is 5.75 Å². The summed E-state index contributed by atoms with van der Waals surface area (Å²) in [7, 11) is -3.64. The Labute approximate surface area is 201 Å². The first kappa shape index (κ1) is 24.1. The number of carbonyl (C=O) groups excluding carboxylic acids is 1. The van der Waals surface area contributed by atoms with E-state index in [4.69, 9.17) is 4.74 Å². The second kappa shape index (κ2) is 10.5. The van der Waals surface area contributed by atoms with Crippen LogP contribution in [0.1, 0.15) is 38.7 Å². The lowest BCUT2D eigenvalue weighted by Crippen LogP contribution is -2.51. The van der Waals surface area contributed by atoms with Crippen LogP contribution < -0.4 is 14.4 Å². The van der Waals surface area contributed by atoms with Crippen LogP contribution >= 0.6 is 0 Å². The third-order valence-electron chi connectivity index (χ3n) is 6.16.